The summed E-state index contributed by atoms with van der Waals surface area (Å²) in [7, 11) is 3.42. The number of ether oxygens (including phenoxy) is 1. The number of likely N-dealkylation sites (N-methyl/N-ethyl adjacent to an activating group) is 1. The van der Waals surface area contributed by atoms with Gasteiger partial charge in [0.25, 0.3) is 0 Å². The maximum Gasteiger partial charge on any atom is 0.307 e. The lowest BCUT2D eigenvalue weighted by Crippen LogP contribution is -2.43. The SMILES string of the molecule is CNCC1CCCN1C(C)CC(=O)OC. The van der Waals surface area contributed by atoms with E-state index in [1.165, 1.54) is 20.0 Å². The van der Waals surface area contributed by atoms with E-state index in [9.17, 15) is 4.79 Å². The first kappa shape index (κ1) is 12.5. The Labute approximate surface area is 92.0 Å². The molecule has 1 N–H and O–H groups in total. The lowest BCUT2D eigenvalue weighted by molar-refractivity contribution is -0.142. The Morgan fingerprint density at radius 2 is 2.40 bits per heavy atom. The highest BCUT2D eigenvalue weighted by molar-refractivity contribution is 5.69. The Kier molecular flexibility index (Phi) is 5.05. The van der Waals surface area contributed by atoms with Gasteiger partial charge in [-0.1, -0.05) is 0 Å². The van der Waals surface area contributed by atoms with Gasteiger partial charge < -0.3 is 10.1 Å². The first-order valence-electron chi connectivity index (χ1n) is 5.66. The number of rotatable bonds is 5. The molecule has 1 fully saturated rings. The summed E-state index contributed by atoms with van der Waals surface area (Å²) in [4.78, 5) is 13.6. The van der Waals surface area contributed by atoms with Crippen molar-refractivity contribution in [1.82, 2.24) is 10.2 Å². The van der Waals surface area contributed by atoms with Gasteiger partial charge in [-0.3, -0.25) is 9.69 Å². The van der Waals surface area contributed by atoms with Crippen LogP contribution in [0.1, 0.15) is 26.2 Å². The van der Waals surface area contributed by atoms with Gasteiger partial charge in [0.15, 0.2) is 0 Å². The van der Waals surface area contributed by atoms with Crippen molar-refractivity contribution in [3.05, 3.63) is 0 Å². The minimum absolute atomic E-state index is 0.113. The molecule has 2 unspecified atom stereocenters. The van der Waals surface area contributed by atoms with Crippen molar-refractivity contribution in [2.45, 2.75) is 38.3 Å². The maximum absolute atomic E-state index is 11.2. The maximum atomic E-state index is 11.2. The average Bonchev–Trinajstić information content (AvgIpc) is 2.66. The van der Waals surface area contributed by atoms with Crippen LogP contribution in [0.5, 0.6) is 0 Å². The molecule has 0 aliphatic carbocycles. The third-order valence-electron chi connectivity index (χ3n) is 3.12. The molecule has 4 nitrogen and oxygen atoms in total. The van der Waals surface area contributed by atoms with E-state index in [-0.39, 0.29) is 5.97 Å². The van der Waals surface area contributed by atoms with Crippen LogP contribution < -0.4 is 5.32 Å². The number of methoxy groups -OCH3 is 1. The van der Waals surface area contributed by atoms with Crippen molar-refractivity contribution in [2.75, 3.05) is 27.2 Å². The smallest absolute Gasteiger partial charge is 0.307 e. The topological polar surface area (TPSA) is 41.6 Å². The van der Waals surface area contributed by atoms with Crippen LogP contribution in [-0.2, 0) is 9.53 Å². The number of hydrogen-bond donors (Lipinski definition) is 1. The van der Waals surface area contributed by atoms with E-state index in [1.807, 2.05) is 7.05 Å². The molecule has 0 aromatic heterocycles. The average molecular weight is 214 g/mol. The predicted molar refractivity (Wildman–Crippen MR) is 59.7 cm³/mol. The molecular formula is C11H22N2O2. The third kappa shape index (κ3) is 3.47. The van der Waals surface area contributed by atoms with E-state index in [2.05, 4.69) is 17.1 Å². The fourth-order valence-corrected chi connectivity index (χ4v) is 2.33. The summed E-state index contributed by atoms with van der Waals surface area (Å²) in [6, 6.07) is 0.868. The van der Waals surface area contributed by atoms with Gasteiger partial charge in [-0.15, -0.1) is 0 Å². The van der Waals surface area contributed by atoms with E-state index in [0.29, 0.717) is 18.5 Å². The van der Waals surface area contributed by atoms with E-state index >= 15 is 0 Å². The molecule has 1 aliphatic rings. The summed E-state index contributed by atoms with van der Waals surface area (Å²) in [5.41, 5.74) is 0. The van der Waals surface area contributed by atoms with Gasteiger partial charge in [-0.25, -0.2) is 0 Å². The molecule has 2 atom stereocenters. The first-order valence-corrected chi connectivity index (χ1v) is 5.66. The molecule has 0 aromatic rings. The highest BCUT2D eigenvalue weighted by atomic mass is 16.5. The second kappa shape index (κ2) is 6.08. The molecule has 4 heteroatoms. The van der Waals surface area contributed by atoms with Gasteiger partial charge >= 0.3 is 5.97 Å². The summed E-state index contributed by atoms with van der Waals surface area (Å²) >= 11 is 0. The van der Waals surface area contributed by atoms with E-state index < -0.39 is 0 Å². The fourth-order valence-electron chi connectivity index (χ4n) is 2.33. The number of carbonyl (C=O) groups excluding carboxylic acids is 1. The molecule has 0 spiro atoms. The highest BCUT2D eigenvalue weighted by Crippen LogP contribution is 2.21. The number of likely N-dealkylation sites (tertiary alicyclic amines) is 1. The summed E-state index contributed by atoms with van der Waals surface area (Å²) in [6.45, 7) is 4.21. The first-order chi connectivity index (χ1) is 7.19. The van der Waals surface area contributed by atoms with Crippen molar-refractivity contribution in [3.8, 4) is 0 Å². The van der Waals surface area contributed by atoms with Crippen molar-refractivity contribution in [2.24, 2.45) is 0 Å². The minimum Gasteiger partial charge on any atom is -0.469 e. The van der Waals surface area contributed by atoms with E-state index in [0.717, 1.165) is 13.1 Å². The van der Waals surface area contributed by atoms with Crippen LogP contribution >= 0.6 is 0 Å². The zero-order valence-electron chi connectivity index (χ0n) is 9.95. The Bertz CT molecular complexity index is 209. The summed E-state index contributed by atoms with van der Waals surface area (Å²) in [5, 5.41) is 3.20. The summed E-state index contributed by atoms with van der Waals surface area (Å²) in [5.74, 6) is -0.113. The minimum atomic E-state index is -0.113. The lowest BCUT2D eigenvalue weighted by Gasteiger charge is -2.29. The van der Waals surface area contributed by atoms with Crippen molar-refractivity contribution in [1.29, 1.82) is 0 Å². The number of nitrogens with one attached hydrogen (secondary N) is 1. The van der Waals surface area contributed by atoms with Crippen molar-refractivity contribution < 1.29 is 9.53 Å². The van der Waals surface area contributed by atoms with Crippen LogP contribution in [-0.4, -0.2) is 50.2 Å². The Morgan fingerprint density at radius 3 is 3.00 bits per heavy atom. The van der Waals surface area contributed by atoms with Gasteiger partial charge in [0.2, 0.25) is 0 Å². The van der Waals surface area contributed by atoms with Gasteiger partial charge in [-0.2, -0.15) is 0 Å². The van der Waals surface area contributed by atoms with Crippen molar-refractivity contribution in [3.63, 3.8) is 0 Å². The molecule has 1 heterocycles. The molecular weight excluding hydrogens is 192 g/mol. The van der Waals surface area contributed by atoms with Crippen LogP contribution in [0, 0.1) is 0 Å². The zero-order chi connectivity index (χ0) is 11.3. The highest BCUT2D eigenvalue weighted by Gasteiger charge is 2.28. The molecule has 88 valence electrons. The second-order valence-electron chi connectivity index (χ2n) is 4.22. The summed E-state index contributed by atoms with van der Waals surface area (Å²) in [6.07, 6.45) is 2.96. The van der Waals surface area contributed by atoms with E-state index in [1.54, 1.807) is 0 Å². The number of carbonyl (C=O) groups is 1. The van der Waals surface area contributed by atoms with Crippen LogP contribution in [0.25, 0.3) is 0 Å². The molecule has 0 bridgehead atoms. The van der Waals surface area contributed by atoms with Gasteiger partial charge in [0.05, 0.1) is 13.5 Å². The molecule has 1 aliphatic heterocycles. The number of hydrogen-bond acceptors (Lipinski definition) is 4. The quantitative estimate of drug-likeness (QED) is 0.681. The van der Waals surface area contributed by atoms with Crippen LogP contribution in [0.3, 0.4) is 0 Å². The number of nitrogens with zero attached hydrogens (tertiary/aromatic N) is 1. The molecule has 1 saturated heterocycles. The summed E-state index contributed by atoms with van der Waals surface area (Å²) < 4.78 is 4.69. The Balaban J connectivity index is 2.43. The predicted octanol–water partition coefficient (Wildman–Crippen LogP) is 0.622. The largest absolute Gasteiger partial charge is 0.469 e. The second-order valence-corrected chi connectivity index (χ2v) is 4.22. The van der Waals surface area contributed by atoms with Crippen LogP contribution in [0.2, 0.25) is 0 Å². The lowest BCUT2D eigenvalue weighted by atomic mass is 10.1. The van der Waals surface area contributed by atoms with Gasteiger partial charge in [-0.05, 0) is 33.4 Å². The molecule has 0 radical (unpaired) electrons. The monoisotopic (exact) mass is 214 g/mol. The molecule has 0 amide bonds. The van der Waals surface area contributed by atoms with E-state index in [4.69, 9.17) is 4.74 Å². The van der Waals surface area contributed by atoms with Gasteiger partial charge in [0.1, 0.15) is 0 Å². The molecule has 15 heavy (non-hydrogen) atoms. The van der Waals surface area contributed by atoms with Crippen LogP contribution in [0.15, 0.2) is 0 Å². The molecule has 1 rings (SSSR count). The van der Waals surface area contributed by atoms with Gasteiger partial charge in [0, 0.05) is 18.6 Å². The standard InChI is InChI=1S/C11H22N2O2/c1-9(7-11(14)15-3)13-6-4-5-10(13)8-12-2/h9-10,12H,4-8H2,1-3H3. The fraction of sp³-hybridized carbons (Fsp3) is 0.909. The third-order valence-corrected chi connectivity index (χ3v) is 3.12. The molecule has 0 saturated carbocycles. The Hall–Kier alpha value is -0.610. The van der Waals surface area contributed by atoms with Crippen LogP contribution in [0.4, 0.5) is 0 Å². The van der Waals surface area contributed by atoms with Crippen molar-refractivity contribution >= 4 is 5.97 Å². The molecule has 0 aromatic carbocycles. The Morgan fingerprint density at radius 1 is 1.67 bits per heavy atom. The number of esters is 1. The zero-order valence-corrected chi connectivity index (χ0v) is 9.95. The normalized spacial score (nSPS) is 24.1.